The fourth-order valence-corrected chi connectivity index (χ4v) is 1.70. The molecule has 3 heteroatoms. The van der Waals surface area contributed by atoms with E-state index in [2.05, 4.69) is 37.3 Å². The highest BCUT2D eigenvalue weighted by atomic mass is 15.3. The van der Waals surface area contributed by atoms with E-state index in [1.165, 1.54) is 12.8 Å². The van der Waals surface area contributed by atoms with Crippen molar-refractivity contribution < 1.29 is 0 Å². The van der Waals surface area contributed by atoms with E-state index >= 15 is 0 Å². The van der Waals surface area contributed by atoms with E-state index in [0.29, 0.717) is 0 Å². The number of anilines is 1. The largest absolute Gasteiger partial charge is 0.370 e. The lowest BCUT2D eigenvalue weighted by Gasteiger charge is -2.15. The second-order valence-electron chi connectivity index (χ2n) is 4.00. The zero-order valence-corrected chi connectivity index (χ0v) is 10.2. The number of hydrogen-bond acceptors (Lipinski definition) is 2. The number of nitrogens with one attached hydrogen (secondary N) is 1. The lowest BCUT2D eigenvalue weighted by atomic mass is 10.0. The second-order valence-corrected chi connectivity index (χ2v) is 4.00. The van der Waals surface area contributed by atoms with Gasteiger partial charge in [0.15, 0.2) is 0 Å². The summed E-state index contributed by atoms with van der Waals surface area (Å²) < 4.78 is 2.04. The SMILES string of the molecule is CCCn1nccc1NCC(CC)CC. The lowest BCUT2D eigenvalue weighted by molar-refractivity contribution is 0.514. The van der Waals surface area contributed by atoms with Crippen molar-refractivity contribution in [1.29, 1.82) is 0 Å². The standard InChI is InChI=1S/C12H23N3/c1-4-9-15-12(7-8-14-15)13-10-11(5-2)6-3/h7-8,11,13H,4-6,9-10H2,1-3H3. The van der Waals surface area contributed by atoms with E-state index < -0.39 is 0 Å². The first-order valence-corrected chi connectivity index (χ1v) is 6.07. The van der Waals surface area contributed by atoms with E-state index in [1.807, 2.05) is 10.9 Å². The summed E-state index contributed by atoms with van der Waals surface area (Å²) in [5.41, 5.74) is 0. The third kappa shape index (κ3) is 3.57. The predicted molar refractivity (Wildman–Crippen MR) is 65.1 cm³/mol. The Kier molecular flexibility index (Phi) is 5.22. The maximum atomic E-state index is 4.29. The van der Waals surface area contributed by atoms with Crippen molar-refractivity contribution in [2.75, 3.05) is 11.9 Å². The molecule has 0 amide bonds. The molecule has 0 aromatic carbocycles. The van der Waals surface area contributed by atoms with Gasteiger partial charge in [0.05, 0.1) is 6.20 Å². The Hall–Kier alpha value is -0.990. The van der Waals surface area contributed by atoms with Crippen LogP contribution in [-0.4, -0.2) is 16.3 Å². The minimum Gasteiger partial charge on any atom is -0.370 e. The quantitative estimate of drug-likeness (QED) is 0.747. The van der Waals surface area contributed by atoms with Crippen LogP contribution >= 0.6 is 0 Å². The Bertz CT molecular complexity index is 264. The Balaban J connectivity index is 2.45. The number of rotatable bonds is 7. The first-order chi connectivity index (χ1) is 7.31. The van der Waals surface area contributed by atoms with Crippen LogP contribution in [0.2, 0.25) is 0 Å². The molecule has 0 bridgehead atoms. The molecule has 0 saturated carbocycles. The molecule has 0 atom stereocenters. The lowest BCUT2D eigenvalue weighted by Crippen LogP contribution is -2.15. The van der Waals surface area contributed by atoms with Crippen LogP contribution in [0.15, 0.2) is 12.3 Å². The number of nitrogens with zero attached hydrogens (tertiary/aromatic N) is 2. The van der Waals surface area contributed by atoms with Gasteiger partial charge in [-0.3, -0.25) is 0 Å². The summed E-state index contributed by atoms with van der Waals surface area (Å²) in [4.78, 5) is 0. The Morgan fingerprint density at radius 1 is 1.33 bits per heavy atom. The number of hydrogen-bond donors (Lipinski definition) is 1. The highest BCUT2D eigenvalue weighted by Crippen LogP contribution is 2.11. The van der Waals surface area contributed by atoms with E-state index in [1.54, 1.807) is 0 Å². The van der Waals surface area contributed by atoms with Crippen molar-refractivity contribution >= 4 is 5.82 Å². The summed E-state index contributed by atoms with van der Waals surface area (Å²) in [7, 11) is 0. The van der Waals surface area contributed by atoms with Crippen LogP contribution in [0.5, 0.6) is 0 Å². The minimum atomic E-state index is 0.773. The normalized spacial score (nSPS) is 10.9. The van der Waals surface area contributed by atoms with Crippen molar-refractivity contribution in [2.45, 2.75) is 46.6 Å². The van der Waals surface area contributed by atoms with Gasteiger partial charge >= 0.3 is 0 Å². The summed E-state index contributed by atoms with van der Waals surface area (Å²) >= 11 is 0. The average molecular weight is 209 g/mol. The summed E-state index contributed by atoms with van der Waals surface area (Å²) in [6.45, 7) is 8.73. The molecule has 3 nitrogen and oxygen atoms in total. The molecular weight excluding hydrogens is 186 g/mol. The molecule has 0 spiro atoms. The van der Waals surface area contributed by atoms with E-state index in [0.717, 1.165) is 31.2 Å². The first kappa shape index (κ1) is 12.1. The molecular formula is C12H23N3. The van der Waals surface area contributed by atoms with Gasteiger partial charge in [-0.1, -0.05) is 33.6 Å². The van der Waals surface area contributed by atoms with Crippen molar-refractivity contribution in [3.8, 4) is 0 Å². The third-order valence-corrected chi connectivity index (χ3v) is 2.88. The zero-order valence-electron chi connectivity index (χ0n) is 10.2. The Morgan fingerprint density at radius 3 is 2.67 bits per heavy atom. The number of aryl methyl sites for hydroxylation is 1. The number of aromatic nitrogens is 2. The van der Waals surface area contributed by atoms with Crippen molar-refractivity contribution in [3.63, 3.8) is 0 Å². The molecule has 1 aromatic rings. The fraction of sp³-hybridized carbons (Fsp3) is 0.750. The van der Waals surface area contributed by atoms with Crippen LogP contribution in [0.1, 0.15) is 40.0 Å². The highest BCUT2D eigenvalue weighted by Gasteiger charge is 2.05. The molecule has 0 aliphatic carbocycles. The van der Waals surface area contributed by atoms with E-state index in [9.17, 15) is 0 Å². The predicted octanol–water partition coefficient (Wildman–Crippen LogP) is 3.14. The van der Waals surface area contributed by atoms with E-state index in [-0.39, 0.29) is 0 Å². The smallest absolute Gasteiger partial charge is 0.124 e. The van der Waals surface area contributed by atoms with Crippen LogP contribution in [0, 0.1) is 5.92 Å². The summed E-state index contributed by atoms with van der Waals surface area (Å²) in [6.07, 6.45) is 5.48. The van der Waals surface area contributed by atoms with Gasteiger partial charge in [-0.15, -0.1) is 0 Å². The zero-order chi connectivity index (χ0) is 11.1. The van der Waals surface area contributed by atoms with Crippen molar-refractivity contribution in [3.05, 3.63) is 12.3 Å². The molecule has 0 saturated heterocycles. The Morgan fingerprint density at radius 2 is 2.07 bits per heavy atom. The van der Waals surface area contributed by atoms with Gasteiger partial charge < -0.3 is 5.32 Å². The third-order valence-electron chi connectivity index (χ3n) is 2.88. The molecule has 0 unspecified atom stereocenters. The molecule has 0 radical (unpaired) electrons. The van der Waals surface area contributed by atoms with Gasteiger partial charge in [0.2, 0.25) is 0 Å². The average Bonchev–Trinajstić information content (AvgIpc) is 2.68. The summed E-state index contributed by atoms with van der Waals surface area (Å²) in [5, 5.41) is 7.77. The van der Waals surface area contributed by atoms with Crippen LogP contribution in [-0.2, 0) is 6.54 Å². The summed E-state index contributed by atoms with van der Waals surface area (Å²) in [5.74, 6) is 1.93. The van der Waals surface area contributed by atoms with Crippen LogP contribution in [0.25, 0.3) is 0 Å². The van der Waals surface area contributed by atoms with Gasteiger partial charge in [-0.2, -0.15) is 5.10 Å². The topological polar surface area (TPSA) is 29.9 Å². The molecule has 1 heterocycles. The summed E-state index contributed by atoms with van der Waals surface area (Å²) in [6, 6.07) is 2.05. The van der Waals surface area contributed by atoms with Gasteiger partial charge in [0, 0.05) is 19.2 Å². The van der Waals surface area contributed by atoms with Gasteiger partial charge in [-0.25, -0.2) is 4.68 Å². The van der Waals surface area contributed by atoms with Crippen LogP contribution < -0.4 is 5.32 Å². The monoisotopic (exact) mass is 209 g/mol. The molecule has 86 valence electrons. The molecule has 0 fully saturated rings. The van der Waals surface area contributed by atoms with Gasteiger partial charge in [0.25, 0.3) is 0 Å². The molecule has 1 N–H and O–H groups in total. The second kappa shape index (κ2) is 6.49. The van der Waals surface area contributed by atoms with E-state index in [4.69, 9.17) is 0 Å². The van der Waals surface area contributed by atoms with Gasteiger partial charge in [0.1, 0.15) is 5.82 Å². The minimum absolute atomic E-state index is 0.773. The fourth-order valence-electron chi connectivity index (χ4n) is 1.70. The Labute approximate surface area is 92.9 Å². The van der Waals surface area contributed by atoms with Crippen molar-refractivity contribution in [1.82, 2.24) is 9.78 Å². The highest BCUT2D eigenvalue weighted by molar-refractivity contribution is 5.33. The molecule has 1 rings (SSSR count). The van der Waals surface area contributed by atoms with Gasteiger partial charge in [-0.05, 0) is 12.3 Å². The van der Waals surface area contributed by atoms with Crippen LogP contribution in [0.4, 0.5) is 5.82 Å². The van der Waals surface area contributed by atoms with Crippen LogP contribution in [0.3, 0.4) is 0 Å². The molecule has 15 heavy (non-hydrogen) atoms. The molecule has 0 aliphatic rings. The molecule has 0 aliphatic heterocycles. The maximum Gasteiger partial charge on any atom is 0.124 e. The van der Waals surface area contributed by atoms with Crippen molar-refractivity contribution in [2.24, 2.45) is 5.92 Å². The first-order valence-electron chi connectivity index (χ1n) is 6.07. The molecule has 1 aromatic heterocycles. The maximum absolute atomic E-state index is 4.29.